The fraction of sp³-hybridized carbons (Fsp3) is 0.760. The van der Waals surface area contributed by atoms with E-state index in [-0.39, 0.29) is 16.6 Å². The van der Waals surface area contributed by atoms with Crippen LogP contribution in [0.25, 0.3) is 0 Å². The van der Waals surface area contributed by atoms with Gasteiger partial charge in [-0.25, -0.2) is 0 Å². The van der Waals surface area contributed by atoms with Gasteiger partial charge in [0.15, 0.2) is 5.78 Å². The number of fused-ring (bicyclic) bond motifs is 5. The number of carbonyl (C=O) groups is 2. The smallest absolute Gasteiger partial charge is 0.178 e. The molecule has 0 aromatic carbocycles. The number of ketones is 2. The lowest BCUT2D eigenvalue weighted by Gasteiger charge is -2.57. The van der Waals surface area contributed by atoms with E-state index in [0.29, 0.717) is 29.5 Å². The second kappa shape index (κ2) is 7.01. The summed E-state index contributed by atoms with van der Waals surface area (Å²) in [5.41, 5.74) is 1.37. The Labute approximate surface area is 164 Å². The zero-order valence-electron chi connectivity index (χ0n) is 17.4. The summed E-state index contributed by atoms with van der Waals surface area (Å²) in [7, 11) is 0. The average Bonchev–Trinajstić information content (AvgIpc) is 2.95. The lowest BCUT2D eigenvalue weighted by molar-refractivity contribution is -0.132. The zero-order valence-corrected chi connectivity index (χ0v) is 17.4. The third kappa shape index (κ3) is 2.98. The summed E-state index contributed by atoms with van der Waals surface area (Å²) in [5.74, 6) is 3.03. The van der Waals surface area contributed by atoms with Crippen molar-refractivity contribution in [2.45, 2.75) is 85.0 Å². The van der Waals surface area contributed by atoms with Gasteiger partial charge < -0.3 is 0 Å². The van der Waals surface area contributed by atoms with Crippen molar-refractivity contribution in [1.29, 1.82) is 0 Å². The Bertz CT molecular complexity index is 686. The van der Waals surface area contributed by atoms with E-state index in [1.54, 1.807) is 0 Å². The van der Waals surface area contributed by atoms with Crippen molar-refractivity contribution in [3.8, 4) is 0 Å². The predicted octanol–water partition coefficient (Wildman–Crippen LogP) is 6.06. The van der Waals surface area contributed by atoms with Crippen molar-refractivity contribution >= 4 is 11.6 Å². The summed E-state index contributed by atoms with van der Waals surface area (Å²) in [6.45, 7) is 6.90. The van der Waals surface area contributed by atoms with Gasteiger partial charge in [0.05, 0.1) is 0 Å². The quantitative estimate of drug-likeness (QED) is 0.553. The number of Topliss-reactive ketones (excluding diaryl/α,β-unsaturated/α-hetero) is 1. The number of hydrogen-bond donors (Lipinski definition) is 0. The molecule has 0 radical (unpaired) electrons. The van der Waals surface area contributed by atoms with Gasteiger partial charge in [-0.3, -0.25) is 9.59 Å². The summed E-state index contributed by atoms with van der Waals surface area (Å²) in [4.78, 5) is 24.9. The average molecular weight is 369 g/mol. The lowest BCUT2D eigenvalue weighted by Crippen LogP contribution is -2.51. The highest BCUT2D eigenvalue weighted by Gasteiger charge is 2.59. The summed E-state index contributed by atoms with van der Waals surface area (Å²) in [5, 5.41) is 0. The third-order valence-electron chi connectivity index (χ3n) is 8.83. The summed E-state index contributed by atoms with van der Waals surface area (Å²) in [6, 6.07) is 0. The molecule has 0 saturated heterocycles. The van der Waals surface area contributed by atoms with E-state index in [2.05, 4.69) is 26.8 Å². The highest BCUT2D eigenvalue weighted by molar-refractivity contribution is 6.01. The van der Waals surface area contributed by atoms with Crippen LogP contribution in [0.1, 0.15) is 85.0 Å². The van der Waals surface area contributed by atoms with Crippen LogP contribution in [-0.2, 0) is 9.59 Å². The normalized spacial score (nSPS) is 43.1. The second-order valence-electron chi connectivity index (χ2n) is 10.2. The van der Waals surface area contributed by atoms with Gasteiger partial charge in [-0.1, -0.05) is 58.1 Å². The Morgan fingerprint density at radius 1 is 1.07 bits per heavy atom. The van der Waals surface area contributed by atoms with E-state index in [9.17, 15) is 9.59 Å². The molecule has 2 nitrogen and oxygen atoms in total. The Morgan fingerprint density at radius 3 is 2.67 bits per heavy atom. The molecule has 5 unspecified atom stereocenters. The lowest BCUT2D eigenvalue weighted by atomic mass is 9.46. The van der Waals surface area contributed by atoms with E-state index in [1.165, 1.54) is 44.1 Å². The maximum Gasteiger partial charge on any atom is 0.178 e. The molecule has 0 N–H and O–H groups in total. The van der Waals surface area contributed by atoms with Gasteiger partial charge in [-0.05, 0) is 67.9 Å². The minimum absolute atomic E-state index is 0.0270. The number of allylic oxidation sites excluding steroid dienone is 4. The molecule has 3 fully saturated rings. The molecule has 27 heavy (non-hydrogen) atoms. The van der Waals surface area contributed by atoms with Gasteiger partial charge in [0.25, 0.3) is 0 Å². The molecule has 0 bridgehead atoms. The minimum atomic E-state index is -0.0697. The van der Waals surface area contributed by atoms with Crippen LogP contribution >= 0.6 is 0 Å². The van der Waals surface area contributed by atoms with Gasteiger partial charge in [0, 0.05) is 17.3 Å². The molecule has 0 heterocycles. The highest BCUT2D eigenvalue weighted by Crippen LogP contribution is 2.65. The molecule has 0 aromatic rings. The first-order valence-electron chi connectivity index (χ1n) is 11.4. The van der Waals surface area contributed by atoms with E-state index in [4.69, 9.17) is 0 Å². The molecule has 0 aromatic heterocycles. The molecule has 0 aliphatic heterocycles. The van der Waals surface area contributed by atoms with Crippen LogP contribution in [0.15, 0.2) is 23.8 Å². The molecule has 3 saturated carbocycles. The Hall–Kier alpha value is -1.18. The van der Waals surface area contributed by atoms with E-state index >= 15 is 0 Å². The van der Waals surface area contributed by atoms with Crippen LogP contribution in [0.5, 0.6) is 0 Å². The fourth-order valence-electron chi connectivity index (χ4n) is 7.28. The van der Waals surface area contributed by atoms with Crippen LogP contribution in [-0.4, -0.2) is 11.6 Å². The van der Waals surface area contributed by atoms with Gasteiger partial charge in [-0.15, -0.1) is 0 Å². The van der Waals surface area contributed by atoms with Crippen molar-refractivity contribution < 1.29 is 9.59 Å². The van der Waals surface area contributed by atoms with E-state index < -0.39 is 0 Å². The molecular weight excluding hydrogens is 332 g/mol. The van der Waals surface area contributed by atoms with E-state index in [1.807, 2.05) is 12.2 Å². The Balaban J connectivity index is 1.64. The minimum Gasteiger partial charge on any atom is -0.299 e. The van der Waals surface area contributed by atoms with Crippen LogP contribution in [0.4, 0.5) is 0 Å². The molecule has 2 heteroatoms. The molecular formula is C25H36O2. The fourth-order valence-corrected chi connectivity index (χ4v) is 7.28. The van der Waals surface area contributed by atoms with Gasteiger partial charge >= 0.3 is 0 Å². The van der Waals surface area contributed by atoms with Crippen molar-refractivity contribution in [2.75, 3.05) is 0 Å². The maximum atomic E-state index is 12.7. The Morgan fingerprint density at radius 2 is 1.89 bits per heavy atom. The van der Waals surface area contributed by atoms with Gasteiger partial charge in [0.2, 0.25) is 0 Å². The second-order valence-corrected chi connectivity index (χ2v) is 10.2. The SMILES string of the molecule is CCCCCC[C@@H]1CC2C(CCC3(C)C(=O)CCC23)C2(C)C=CC(=O)C=C12. The first kappa shape index (κ1) is 19.2. The van der Waals surface area contributed by atoms with Crippen LogP contribution in [0, 0.1) is 34.5 Å². The van der Waals surface area contributed by atoms with Gasteiger partial charge in [-0.2, -0.15) is 0 Å². The Kier molecular flexibility index (Phi) is 4.97. The summed E-state index contributed by atoms with van der Waals surface area (Å²) in [6.07, 6.45) is 17.6. The molecule has 6 atom stereocenters. The molecule has 0 amide bonds. The van der Waals surface area contributed by atoms with Crippen molar-refractivity contribution in [1.82, 2.24) is 0 Å². The molecule has 0 spiro atoms. The summed E-state index contributed by atoms with van der Waals surface area (Å²) >= 11 is 0. The van der Waals surface area contributed by atoms with Crippen molar-refractivity contribution in [3.05, 3.63) is 23.8 Å². The number of hydrogen-bond acceptors (Lipinski definition) is 2. The highest BCUT2D eigenvalue weighted by atomic mass is 16.1. The van der Waals surface area contributed by atoms with Crippen LogP contribution in [0.3, 0.4) is 0 Å². The van der Waals surface area contributed by atoms with Crippen molar-refractivity contribution in [3.63, 3.8) is 0 Å². The van der Waals surface area contributed by atoms with Crippen LogP contribution in [0.2, 0.25) is 0 Å². The first-order chi connectivity index (χ1) is 12.9. The number of carbonyl (C=O) groups excluding carboxylic acids is 2. The number of unbranched alkanes of at least 4 members (excludes halogenated alkanes) is 3. The molecule has 4 rings (SSSR count). The molecule has 148 valence electrons. The molecule has 4 aliphatic carbocycles. The molecule has 4 aliphatic rings. The van der Waals surface area contributed by atoms with Gasteiger partial charge in [0.1, 0.15) is 5.78 Å². The number of rotatable bonds is 5. The topological polar surface area (TPSA) is 34.1 Å². The monoisotopic (exact) mass is 368 g/mol. The van der Waals surface area contributed by atoms with Crippen LogP contribution < -0.4 is 0 Å². The van der Waals surface area contributed by atoms with E-state index in [0.717, 1.165) is 25.7 Å². The largest absolute Gasteiger partial charge is 0.299 e. The van der Waals surface area contributed by atoms with Crippen molar-refractivity contribution in [2.24, 2.45) is 34.5 Å². The predicted molar refractivity (Wildman–Crippen MR) is 109 cm³/mol. The summed E-state index contributed by atoms with van der Waals surface area (Å²) < 4.78 is 0. The maximum absolute atomic E-state index is 12.7. The third-order valence-corrected chi connectivity index (χ3v) is 8.83. The zero-order chi connectivity index (χ0) is 19.2. The first-order valence-corrected chi connectivity index (χ1v) is 11.4. The standard InChI is InChI=1S/C25H36O2/c1-4-5-6-7-8-17-15-19-20-9-10-23(27)25(20,3)14-12-21(19)24(2)13-11-18(26)16-22(17)24/h11,13,16-17,19-21H,4-10,12,14-15H2,1-3H3/t17-,19?,20?,21?,24?,25?/m1/s1.